The zero-order chi connectivity index (χ0) is 57.5. The van der Waals surface area contributed by atoms with Gasteiger partial charge in [0.15, 0.2) is 0 Å². The molecule has 3 aliphatic carbocycles. The topological polar surface area (TPSA) is 166 Å². The molecule has 7 aliphatic heterocycles. The van der Waals surface area contributed by atoms with E-state index in [1.54, 1.807) is 13.2 Å². The minimum absolute atomic E-state index is 0.0382. The van der Waals surface area contributed by atoms with E-state index in [-0.39, 0.29) is 60.6 Å². The summed E-state index contributed by atoms with van der Waals surface area (Å²) in [6.07, 6.45) is 9.27. The number of nitrogens with zero attached hydrogens (tertiary/aromatic N) is 7. The molecular formula is C64H85F3N10O6. The fourth-order valence-corrected chi connectivity index (χ4v) is 15.7. The van der Waals surface area contributed by atoms with E-state index in [2.05, 4.69) is 35.7 Å². The fourth-order valence-electron chi connectivity index (χ4n) is 15.7. The predicted octanol–water partition coefficient (Wildman–Crippen LogP) is 7.12. The number of hydrogen-bond donors (Lipinski definition) is 3. The van der Waals surface area contributed by atoms with Crippen molar-refractivity contribution in [1.29, 1.82) is 0 Å². The summed E-state index contributed by atoms with van der Waals surface area (Å²) in [5.41, 5.74) is 7.72. The maximum absolute atomic E-state index is 15.3. The van der Waals surface area contributed by atoms with Gasteiger partial charge in [-0.1, -0.05) is 57.0 Å². The standard InChI is InChI=1S/C64H85F3N10O6/c1-39(82-4)53-48(32-46(34-68-53)73-27-25-72(26-28-73)45-17-18-45)57-49-33-62(2,3)38-83-61(81)50-13-8-22-77(71-50)59(79)51(30-40-9-7-12-43(29-40)44-16-19-52(47(49)31-44)76(57)37-64(65,66)67)69-58(78)56(42-10-5-6-11-42)74-23-20-63(35-74)21-24-75(36-63)60(80)55-54(70-55)41-14-15-41/h7,9,12,16,19,29,31,34,39,41-42,45-46,50-51,54-56,70-71H,5-6,8,10-11,13-15,17-18,20-28,30,32-33,35-38H2,1-4H3,(H,69,78)/t39-,46+,50-,51-,54+,55+,56-,63-/m0/s1. The summed E-state index contributed by atoms with van der Waals surface area (Å²) in [6, 6.07) is 12.1. The van der Waals surface area contributed by atoms with Crippen molar-refractivity contribution in [3.63, 3.8) is 0 Å². The Morgan fingerprint density at radius 2 is 1.64 bits per heavy atom. The highest BCUT2D eigenvalue weighted by Crippen LogP contribution is 2.47. The molecular weight excluding hydrogens is 1060 g/mol. The number of benzene rings is 2. The molecule has 3 saturated carbocycles. The maximum atomic E-state index is 15.3. The molecule has 3 N–H and O–H groups in total. The van der Waals surface area contributed by atoms with Crippen molar-refractivity contribution in [2.75, 3.05) is 72.6 Å². The molecule has 16 nitrogen and oxygen atoms in total. The molecule has 5 saturated heterocycles. The molecule has 1 spiro atoms. The third-order valence-corrected chi connectivity index (χ3v) is 20.6. The predicted molar refractivity (Wildman–Crippen MR) is 311 cm³/mol. The first kappa shape index (κ1) is 56.9. The Labute approximate surface area is 486 Å². The first-order chi connectivity index (χ1) is 39.9. The third-order valence-electron chi connectivity index (χ3n) is 20.6. The number of aliphatic imine (C=N–C) groups is 1. The number of rotatable bonds is 12. The molecule has 0 radical (unpaired) electrons. The average molecular weight is 1150 g/mol. The molecule has 0 unspecified atom stereocenters. The Hall–Kier alpha value is -5.18. The summed E-state index contributed by atoms with van der Waals surface area (Å²) in [4.78, 5) is 72.9. The highest BCUT2D eigenvalue weighted by Gasteiger charge is 2.55. The van der Waals surface area contributed by atoms with Gasteiger partial charge in [0.05, 0.1) is 30.1 Å². The average Bonchev–Trinajstić information content (AvgIpc) is 3.52. The molecule has 13 rings (SSSR count). The second-order valence-corrected chi connectivity index (χ2v) is 27.3. The van der Waals surface area contributed by atoms with Crippen LogP contribution in [0.2, 0.25) is 0 Å². The van der Waals surface area contributed by atoms with Crippen LogP contribution < -0.4 is 16.1 Å². The summed E-state index contributed by atoms with van der Waals surface area (Å²) < 4.78 is 59.4. The Morgan fingerprint density at radius 3 is 2.39 bits per heavy atom. The van der Waals surface area contributed by atoms with Gasteiger partial charge in [-0.15, -0.1) is 0 Å². The van der Waals surface area contributed by atoms with Crippen molar-refractivity contribution < 1.29 is 41.8 Å². The van der Waals surface area contributed by atoms with Crippen LogP contribution in [0.25, 0.3) is 27.6 Å². The van der Waals surface area contributed by atoms with E-state index < -0.39 is 48.3 Å². The highest BCUT2D eigenvalue weighted by atomic mass is 19.4. The Morgan fingerprint density at radius 1 is 0.880 bits per heavy atom. The lowest BCUT2D eigenvalue weighted by Gasteiger charge is -2.40. The Balaban J connectivity index is 0.842. The molecule has 1 aromatic heterocycles. The van der Waals surface area contributed by atoms with Gasteiger partial charge in [-0.25, -0.2) is 5.43 Å². The molecule has 3 aromatic rings. The van der Waals surface area contributed by atoms with Crippen molar-refractivity contribution in [1.82, 2.24) is 45.2 Å². The van der Waals surface area contributed by atoms with Crippen LogP contribution in [0, 0.1) is 22.7 Å². The van der Waals surface area contributed by atoms with E-state index in [0.29, 0.717) is 72.6 Å². The number of esters is 1. The maximum Gasteiger partial charge on any atom is 0.406 e. The monoisotopic (exact) mass is 1150 g/mol. The summed E-state index contributed by atoms with van der Waals surface area (Å²) in [5, 5.41) is 8.95. The van der Waals surface area contributed by atoms with Crippen molar-refractivity contribution in [3.8, 4) is 11.1 Å². The van der Waals surface area contributed by atoms with Crippen LogP contribution in [0.5, 0.6) is 0 Å². The normalized spacial score (nSPS) is 30.3. The van der Waals surface area contributed by atoms with Crippen LogP contribution in [0.3, 0.4) is 0 Å². The second-order valence-electron chi connectivity index (χ2n) is 27.3. The van der Waals surface area contributed by atoms with Gasteiger partial charge in [0.2, 0.25) is 11.8 Å². The Bertz CT molecular complexity index is 3050. The van der Waals surface area contributed by atoms with Crippen LogP contribution >= 0.6 is 0 Å². The summed E-state index contributed by atoms with van der Waals surface area (Å²) >= 11 is 0. The number of likely N-dealkylation sites (tertiary alicyclic amines) is 2. The van der Waals surface area contributed by atoms with Crippen molar-refractivity contribution in [3.05, 3.63) is 65.0 Å². The molecule has 8 heterocycles. The third kappa shape index (κ3) is 11.9. The van der Waals surface area contributed by atoms with Crippen LogP contribution in [0.1, 0.15) is 121 Å². The van der Waals surface area contributed by atoms with Crippen molar-refractivity contribution in [2.45, 2.75) is 178 Å². The second kappa shape index (κ2) is 22.6. The van der Waals surface area contributed by atoms with E-state index in [0.717, 1.165) is 112 Å². The minimum Gasteiger partial charge on any atom is -0.464 e. The number of amides is 3. The lowest BCUT2D eigenvalue weighted by atomic mass is 9.83. The number of fused-ring (bicyclic) bond motifs is 6. The molecule has 8 fully saturated rings. The van der Waals surface area contributed by atoms with Crippen molar-refractivity contribution >= 4 is 46.4 Å². The molecule has 19 heteroatoms. The van der Waals surface area contributed by atoms with E-state index in [1.807, 2.05) is 63.4 Å². The van der Waals surface area contributed by atoms with Crippen LogP contribution in [0.4, 0.5) is 13.2 Å². The molecule has 6 bridgehead atoms. The lowest BCUT2D eigenvalue weighted by molar-refractivity contribution is -0.155. The quantitative estimate of drug-likeness (QED) is 0.125. The summed E-state index contributed by atoms with van der Waals surface area (Å²) in [7, 11) is 1.60. The van der Waals surface area contributed by atoms with Crippen LogP contribution in [-0.4, -0.2) is 186 Å². The highest BCUT2D eigenvalue weighted by molar-refractivity contribution is 5.96. The van der Waals surface area contributed by atoms with Crippen LogP contribution in [0.15, 0.2) is 53.2 Å². The zero-order valence-corrected chi connectivity index (χ0v) is 49.0. The largest absolute Gasteiger partial charge is 0.464 e. The first-order valence-corrected chi connectivity index (χ1v) is 31.3. The molecule has 448 valence electrons. The number of ether oxygens (including phenoxy) is 2. The number of cyclic esters (lactones) is 1. The van der Waals surface area contributed by atoms with Gasteiger partial charge >= 0.3 is 12.1 Å². The Kier molecular flexibility index (Phi) is 15.5. The molecule has 2 aromatic carbocycles. The van der Waals surface area contributed by atoms with Gasteiger partial charge in [-0.05, 0) is 137 Å². The van der Waals surface area contributed by atoms with E-state index in [1.165, 1.54) is 35.3 Å². The van der Waals surface area contributed by atoms with Gasteiger partial charge in [-0.3, -0.25) is 49.2 Å². The molecule has 8 atom stereocenters. The van der Waals surface area contributed by atoms with Crippen LogP contribution in [-0.2, 0) is 48.0 Å². The zero-order valence-electron chi connectivity index (χ0n) is 49.0. The number of hydrazine groups is 1. The number of methoxy groups -OCH3 is 1. The van der Waals surface area contributed by atoms with Gasteiger partial charge < -0.3 is 24.3 Å². The smallest absolute Gasteiger partial charge is 0.406 e. The SMILES string of the molecule is CO[C@@H](C)C1=C(c2c3c4cc(ccc4n2CC(F)(F)F)-c2cccc(c2)C[C@H](NC(=O)[C@H](C2CCCC2)N2CC[C@]4(CCN(C(=O)[C@@H]5N[C@@H]5C5CC5)C4)C2)C(=O)N2CCC[C@H](N2)C(=O)OCC(C)(C)C3)C[C@@H](N2CCN(C3CC3)CC2)C=N1. The van der Waals surface area contributed by atoms with Gasteiger partial charge in [0.25, 0.3) is 5.91 Å². The van der Waals surface area contributed by atoms with E-state index in [9.17, 15) is 9.59 Å². The number of carbonyl (C=O) groups is 4. The van der Waals surface area contributed by atoms with Crippen molar-refractivity contribution in [2.24, 2.45) is 27.7 Å². The molecule has 10 aliphatic rings. The number of carbonyl (C=O) groups excluding carboxylic acids is 4. The molecule has 3 amide bonds. The number of aromatic nitrogens is 1. The lowest BCUT2D eigenvalue weighted by Crippen LogP contribution is -2.62. The summed E-state index contributed by atoms with van der Waals surface area (Å²) in [6.45, 7) is 11.4. The summed E-state index contributed by atoms with van der Waals surface area (Å²) in [5.74, 6) is -0.0744. The fraction of sp³-hybridized carbons (Fsp3) is 0.672. The number of piperazine rings is 1. The molecule has 83 heavy (non-hydrogen) atoms. The minimum atomic E-state index is -4.57. The number of alkyl halides is 3. The number of nitrogens with one attached hydrogen (secondary N) is 3. The first-order valence-electron chi connectivity index (χ1n) is 31.3. The van der Waals surface area contributed by atoms with E-state index >= 15 is 22.8 Å². The van der Waals surface area contributed by atoms with Gasteiger partial charge in [-0.2, -0.15) is 13.2 Å². The number of hydrogen-bond acceptors (Lipinski definition) is 12. The van der Waals surface area contributed by atoms with Gasteiger partial charge in [0.1, 0.15) is 24.7 Å². The number of halogens is 3. The van der Waals surface area contributed by atoms with E-state index in [4.69, 9.17) is 14.5 Å². The van der Waals surface area contributed by atoms with Gasteiger partial charge in [0, 0.05) is 118 Å².